The molecule has 0 atom stereocenters. The number of carbonyl (C=O) groups excluding carboxylic acids is 2. The average Bonchev–Trinajstić information content (AvgIpc) is 3.51. The lowest BCUT2D eigenvalue weighted by Gasteiger charge is -2.18. The molecule has 1 saturated carbocycles. The van der Waals surface area contributed by atoms with E-state index in [9.17, 15) is 18.0 Å². The highest BCUT2D eigenvalue weighted by Gasteiger charge is 2.37. The van der Waals surface area contributed by atoms with Crippen LogP contribution in [0.5, 0.6) is 0 Å². The molecule has 1 heterocycles. The van der Waals surface area contributed by atoms with Crippen LogP contribution in [0.4, 0.5) is 5.69 Å². The lowest BCUT2D eigenvalue weighted by molar-refractivity contribution is -0.121. The first-order valence-electron chi connectivity index (χ1n) is 10.1. The summed E-state index contributed by atoms with van der Waals surface area (Å²) in [6.45, 7) is 0.810. The van der Waals surface area contributed by atoms with Gasteiger partial charge in [0.2, 0.25) is 11.8 Å². The molecule has 1 fully saturated rings. The van der Waals surface area contributed by atoms with Crippen molar-refractivity contribution >= 4 is 54.9 Å². The van der Waals surface area contributed by atoms with Gasteiger partial charge in [0.05, 0.1) is 10.6 Å². The average molecular weight is 526 g/mol. The van der Waals surface area contributed by atoms with Crippen molar-refractivity contribution in [2.24, 2.45) is 5.92 Å². The summed E-state index contributed by atoms with van der Waals surface area (Å²) >= 11 is 9.44. The third-order valence-electron chi connectivity index (χ3n) is 5.59. The topological polar surface area (TPSA) is 83.6 Å². The molecule has 2 aromatic carbocycles. The second-order valence-electron chi connectivity index (χ2n) is 7.86. The molecule has 0 radical (unpaired) electrons. The van der Waals surface area contributed by atoms with Gasteiger partial charge in [-0.05, 0) is 64.5 Å². The number of nitrogens with one attached hydrogen (secondary N) is 1. The number of hydrogen-bond acceptors (Lipinski definition) is 4. The minimum absolute atomic E-state index is 0.0662. The number of amides is 2. The molecule has 9 heteroatoms. The largest absolute Gasteiger partial charge is 0.352 e. The van der Waals surface area contributed by atoms with E-state index in [1.807, 2.05) is 6.07 Å². The highest BCUT2D eigenvalue weighted by molar-refractivity contribution is 9.10. The highest BCUT2D eigenvalue weighted by atomic mass is 79.9. The molecule has 164 valence electrons. The van der Waals surface area contributed by atoms with Crippen LogP contribution in [-0.2, 0) is 32.4 Å². The van der Waals surface area contributed by atoms with Crippen molar-refractivity contribution in [3.63, 3.8) is 0 Å². The van der Waals surface area contributed by atoms with Crippen molar-refractivity contribution in [3.8, 4) is 0 Å². The van der Waals surface area contributed by atoms with Crippen LogP contribution in [0.2, 0.25) is 5.02 Å². The predicted molar refractivity (Wildman–Crippen MR) is 123 cm³/mol. The highest BCUT2D eigenvalue weighted by Crippen LogP contribution is 2.39. The first-order chi connectivity index (χ1) is 14.8. The molecule has 2 aliphatic rings. The SMILES string of the molecule is O=C(CCS(=O)(=O)c1cc2c(cc1Br)CCN2C(=O)C1CC1)NCc1ccccc1Cl. The van der Waals surface area contributed by atoms with Crippen molar-refractivity contribution < 1.29 is 18.0 Å². The Labute approximate surface area is 195 Å². The Morgan fingerprint density at radius 2 is 1.94 bits per heavy atom. The van der Waals surface area contributed by atoms with Gasteiger partial charge in [-0.2, -0.15) is 0 Å². The summed E-state index contributed by atoms with van der Waals surface area (Å²) in [5.41, 5.74) is 2.39. The van der Waals surface area contributed by atoms with Crippen LogP contribution in [0.15, 0.2) is 45.8 Å². The molecule has 1 aliphatic carbocycles. The number of benzene rings is 2. The summed E-state index contributed by atoms with van der Waals surface area (Å²) < 4.78 is 26.4. The van der Waals surface area contributed by atoms with Crippen LogP contribution >= 0.6 is 27.5 Å². The van der Waals surface area contributed by atoms with Gasteiger partial charge in [-0.15, -0.1) is 0 Å². The van der Waals surface area contributed by atoms with Crippen LogP contribution in [0.25, 0.3) is 0 Å². The second kappa shape index (κ2) is 8.92. The van der Waals surface area contributed by atoms with E-state index in [0.717, 1.165) is 24.0 Å². The summed E-state index contributed by atoms with van der Waals surface area (Å²) in [5.74, 6) is -0.555. The molecule has 0 aromatic heterocycles. The molecular formula is C22H22BrClN2O4S. The van der Waals surface area contributed by atoms with Crippen molar-refractivity contribution in [2.45, 2.75) is 37.1 Å². The van der Waals surface area contributed by atoms with Gasteiger partial charge in [-0.1, -0.05) is 29.8 Å². The summed E-state index contributed by atoms with van der Waals surface area (Å²) in [5, 5.41) is 3.25. The van der Waals surface area contributed by atoms with Crippen molar-refractivity contribution in [1.82, 2.24) is 5.32 Å². The summed E-state index contributed by atoms with van der Waals surface area (Å²) in [4.78, 5) is 26.6. The predicted octanol–water partition coefficient (Wildman–Crippen LogP) is 3.88. The van der Waals surface area contributed by atoms with Crippen LogP contribution in [0.1, 0.15) is 30.4 Å². The van der Waals surface area contributed by atoms with Crippen LogP contribution in [0, 0.1) is 5.92 Å². The van der Waals surface area contributed by atoms with Gasteiger partial charge in [0.25, 0.3) is 0 Å². The zero-order chi connectivity index (χ0) is 22.2. The second-order valence-corrected chi connectivity index (χ2v) is 11.2. The number of halogens is 2. The van der Waals surface area contributed by atoms with E-state index >= 15 is 0 Å². The number of rotatable bonds is 7. The lowest BCUT2D eigenvalue weighted by atomic mass is 10.2. The lowest BCUT2D eigenvalue weighted by Crippen LogP contribution is -2.30. The monoisotopic (exact) mass is 524 g/mol. The number of carbonyl (C=O) groups is 2. The third-order valence-corrected chi connectivity index (χ3v) is 8.62. The first kappa shape index (κ1) is 22.3. The Morgan fingerprint density at radius 3 is 2.65 bits per heavy atom. The minimum atomic E-state index is -3.72. The van der Waals surface area contributed by atoms with E-state index in [2.05, 4.69) is 21.2 Å². The number of hydrogen-bond donors (Lipinski definition) is 1. The van der Waals surface area contributed by atoms with E-state index < -0.39 is 9.84 Å². The van der Waals surface area contributed by atoms with Crippen LogP contribution in [0.3, 0.4) is 0 Å². The van der Waals surface area contributed by atoms with Crippen LogP contribution in [-0.4, -0.2) is 32.5 Å². The molecular weight excluding hydrogens is 504 g/mol. The quantitative estimate of drug-likeness (QED) is 0.595. The Balaban J connectivity index is 1.43. The summed E-state index contributed by atoms with van der Waals surface area (Å²) in [6, 6.07) is 10.5. The van der Waals surface area contributed by atoms with E-state index in [1.54, 1.807) is 35.2 Å². The Kier molecular flexibility index (Phi) is 6.42. The molecule has 0 bridgehead atoms. The molecule has 4 rings (SSSR count). The number of nitrogens with zero attached hydrogens (tertiary/aromatic N) is 1. The molecule has 1 aliphatic heterocycles. The van der Waals surface area contributed by atoms with Gasteiger partial charge >= 0.3 is 0 Å². The maximum absolute atomic E-state index is 13.0. The van der Waals surface area contributed by atoms with Gasteiger partial charge in [0, 0.05) is 40.6 Å². The maximum Gasteiger partial charge on any atom is 0.230 e. The number of anilines is 1. The van der Waals surface area contributed by atoms with Crippen molar-refractivity contribution in [2.75, 3.05) is 17.2 Å². The maximum atomic E-state index is 13.0. The number of fused-ring (bicyclic) bond motifs is 1. The minimum Gasteiger partial charge on any atom is -0.352 e. The number of sulfone groups is 1. The molecule has 31 heavy (non-hydrogen) atoms. The molecule has 2 aromatic rings. The standard InChI is InChI=1S/C22H22BrClN2O4S/c23-17-11-15-7-9-26(22(28)14-5-6-14)19(15)12-20(17)31(29,30)10-8-21(27)25-13-16-3-1-2-4-18(16)24/h1-4,11-12,14H,5-10,13H2,(H,25,27). The smallest absolute Gasteiger partial charge is 0.230 e. The van der Waals surface area contributed by atoms with E-state index in [-0.39, 0.29) is 41.3 Å². The van der Waals surface area contributed by atoms with Gasteiger partial charge in [0.1, 0.15) is 0 Å². The van der Waals surface area contributed by atoms with Crippen molar-refractivity contribution in [3.05, 3.63) is 57.0 Å². The first-order valence-corrected chi connectivity index (χ1v) is 13.0. The fourth-order valence-electron chi connectivity index (χ4n) is 3.67. The fraction of sp³-hybridized carbons (Fsp3) is 0.364. The third kappa shape index (κ3) is 4.96. The van der Waals surface area contributed by atoms with Crippen molar-refractivity contribution in [1.29, 1.82) is 0 Å². The Hall–Kier alpha value is -1.90. The molecule has 0 unspecified atom stereocenters. The zero-order valence-electron chi connectivity index (χ0n) is 16.7. The normalized spacial score (nSPS) is 15.6. The van der Waals surface area contributed by atoms with E-state index in [4.69, 9.17) is 11.6 Å². The van der Waals surface area contributed by atoms with E-state index in [1.165, 1.54) is 0 Å². The summed E-state index contributed by atoms with van der Waals surface area (Å²) in [6.07, 6.45) is 2.34. The molecule has 2 amide bonds. The zero-order valence-corrected chi connectivity index (χ0v) is 19.9. The molecule has 0 saturated heterocycles. The van der Waals surface area contributed by atoms with Gasteiger partial charge in [-0.25, -0.2) is 8.42 Å². The Morgan fingerprint density at radius 1 is 1.19 bits per heavy atom. The Bertz CT molecular complexity index is 1150. The van der Waals surface area contributed by atoms with Gasteiger partial charge < -0.3 is 10.2 Å². The fourth-order valence-corrected chi connectivity index (χ4v) is 6.32. The summed E-state index contributed by atoms with van der Waals surface area (Å²) in [7, 11) is -3.72. The molecule has 1 N–H and O–H groups in total. The molecule has 0 spiro atoms. The van der Waals surface area contributed by atoms with Gasteiger partial charge in [0.15, 0.2) is 9.84 Å². The van der Waals surface area contributed by atoms with E-state index in [0.29, 0.717) is 28.1 Å². The van der Waals surface area contributed by atoms with Crippen LogP contribution < -0.4 is 10.2 Å². The van der Waals surface area contributed by atoms with Gasteiger partial charge in [-0.3, -0.25) is 9.59 Å². The molecule has 6 nitrogen and oxygen atoms in total.